The van der Waals surface area contributed by atoms with E-state index in [-0.39, 0.29) is 7.43 Å². The lowest BCUT2D eigenvalue weighted by atomic mass is 9.98. The lowest BCUT2D eigenvalue weighted by Crippen LogP contribution is -2.44. The smallest absolute Gasteiger partial charge is 0.135 e. The molecule has 0 saturated carbocycles. The summed E-state index contributed by atoms with van der Waals surface area (Å²) in [6.07, 6.45) is 7.00. The van der Waals surface area contributed by atoms with Crippen molar-refractivity contribution in [2.24, 2.45) is 0 Å². The number of anilines is 1. The number of aromatic nitrogens is 2. The fraction of sp³-hybridized carbons (Fsp3) is 0.556. The number of rotatable bonds is 2. The van der Waals surface area contributed by atoms with Crippen LogP contribution >= 0.6 is 0 Å². The van der Waals surface area contributed by atoms with Gasteiger partial charge in [-0.15, -0.1) is 0 Å². The van der Waals surface area contributed by atoms with Crippen LogP contribution in [0.2, 0.25) is 0 Å². The van der Waals surface area contributed by atoms with Crippen LogP contribution in [-0.2, 0) is 0 Å². The van der Waals surface area contributed by atoms with Gasteiger partial charge in [-0.3, -0.25) is 4.98 Å². The minimum atomic E-state index is 0. The van der Waals surface area contributed by atoms with Gasteiger partial charge in [0, 0.05) is 35.4 Å². The lowest BCUT2D eigenvalue weighted by Gasteiger charge is -2.37. The van der Waals surface area contributed by atoms with E-state index in [9.17, 15) is 0 Å². The molecule has 2 aromatic heterocycles. The molecule has 118 valence electrons. The SMILES string of the molecule is C.Cc1cc2ncccc2c(NC2C[C@H]3CC[C@@H](C2)N3C)n1. The standard InChI is InChI=1S/C17H22N4.CH4/c1-11-8-16-15(4-3-7-18-16)17(19-11)20-12-9-13-5-6-14(10-12)21(13)2;/h3-4,7-8,12-14H,5-6,9-10H2,1-2H3,(H,19,20);1H4/t12?,13-,14+;. The predicted molar refractivity (Wildman–Crippen MR) is 92.2 cm³/mol. The Kier molecular flexibility index (Phi) is 4.04. The van der Waals surface area contributed by atoms with Gasteiger partial charge in [0.2, 0.25) is 0 Å². The van der Waals surface area contributed by atoms with Crippen molar-refractivity contribution in [1.29, 1.82) is 0 Å². The number of hydrogen-bond acceptors (Lipinski definition) is 4. The molecule has 4 rings (SSSR count). The third kappa shape index (κ3) is 2.56. The van der Waals surface area contributed by atoms with Gasteiger partial charge in [-0.05, 0) is 57.9 Å². The molecule has 4 nitrogen and oxygen atoms in total. The van der Waals surface area contributed by atoms with Gasteiger partial charge in [0.15, 0.2) is 0 Å². The van der Waals surface area contributed by atoms with Crippen LogP contribution in [0.1, 0.15) is 38.8 Å². The van der Waals surface area contributed by atoms with E-state index in [4.69, 9.17) is 4.98 Å². The number of nitrogens with zero attached hydrogens (tertiary/aromatic N) is 3. The van der Waals surface area contributed by atoms with Gasteiger partial charge in [-0.2, -0.15) is 0 Å². The highest BCUT2D eigenvalue weighted by atomic mass is 15.2. The summed E-state index contributed by atoms with van der Waals surface area (Å²) in [5, 5.41) is 4.84. The average Bonchev–Trinajstić information content (AvgIpc) is 2.70. The van der Waals surface area contributed by atoms with Crippen LogP contribution < -0.4 is 5.32 Å². The first-order valence-electron chi connectivity index (χ1n) is 7.91. The highest BCUT2D eigenvalue weighted by Crippen LogP contribution is 2.35. The van der Waals surface area contributed by atoms with Gasteiger partial charge in [0.1, 0.15) is 5.82 Å². The Balaban J connectivity index is 0.00000144. The normalized spacial score (nSPS) is 27.6. The minimum Gasteiger partial charge on any atom is -0.367 e. The first-order valence-corrected chi connectivity index (χ1v) is 7.91. The summed E-state index contributed by atoms with van der Waals surface area (Å²) in [5.41, 5.74) is 2.06. The van der Waals surface area contributed by atoms with Crippen LogP contribution in [0.25, 0.3) is 10.9 Å². The molecule has 2 aromatic rings. The van der Waals surface area contributed by atoms with Gasteiger partial charge in [0.05, 0.1) is 5.52 Å². The van der Waals surface area contributed by atoms with Crippen molar-refractivity contribution < 1.29 is 0 Å². The molecule has 0 aromatic carbocycles. The van der Waals surface area contributed by atoms with Gasteiger partial charge in [0.25, 0.3) is 0 Å². The number of nitrogens with one attached hydrogen (secondary N) is 1. The number of piperidine rings is 1. The molecule has 2 aliphatic heterocycles. The van der Waals surface area contributed by atoms with Crippen LogP contribution in [0, 0.1) is 6.92 Å². The Hall–Kier alpha value is -1.68. The molecule has 0 aliphatic carbocycles. The van der Waals surface area contributed by atoms with E-state index in [2.05, 4.69) is 34.4 Å². The van der Waals surface area contributed by atoms with E-state index in [0.29, 0.717) is 6.04 Å². The monoisotopic (exact) mass is 298 g/mol. The van der Waals surface area contributed by atoms with E-state index < -0.39 is 0 Å². The zero-order valence-corrected chi connectivity index (χ0v) is 12.7. The van der Waals surface area contributed by atoms with Crippen LogP contribution in [0.15, 0.2) is 24.4 Å². The van der Waals surface area contributed by atoms with Crippen molar-refractivity contribution in [2.45, 2.75) is 58.2 Å². The van der Waals surface area contributed by atoms with E-state index in [1.165, 1.54) is 25.7 Å². The van der Waals surface area contributed by atoms with E-state index >= 15 is 0 Å². The average molecular weight is 298 g/mol. The second-order valence-corrected chi connectivity index (χ2v) is 6.55. The Morgan fingerprint density at radius 3 is 2.68 bits per heavy atom. The first kappa shape index (κ1) is 15.2. The number of pyridine rings is 2. The van der Waals surface area contributed by atoms with Crippen LogP contribution in [-0.4, -0.2) is 40.0 Å². The quantitative estimate of drug-likeness (QED) is 0.919. The van der Waals surface area contributed by atoms with Crippen LogP contribution in [0.5, 0.6) is 0 Å². The zero-order chi connectivity index (χ0) is 14.4. The lowest BCUT2D eigenvalue weighted by molar-refractivity contribution is 0.169. The summed E-state index contributed by atoms with van der Waals surface area (Å²) in [4.78, 5) is 11.8. The third-order valence-corrected chi connectivity index (χ3v) is 5.17. The topological polar surface area (TPSA) is 41.1 Å². The van der Waals surface area contributed by atoms with E-state index in [0.717, 1.165) is 34.5 Å². The molecule has 2 fully saturated rings. The molecular weight excluding hydrogens is 272 g/mol. The zero-order valence-electron chi connectivity index (χ0n) is 12.7. The molecule has 0 amide bonds. The summed E-state index contributed by atoms with van der Waals surface area (Å²) in [5.74, 6) is 1.01. The van der Waals surface area contributed by atoms with Crippen LogP contribution in [0.4, 0.5) is 5.82 Å². The number of fused-ring (bicyclic) bond motifs is 3. The minimum absolute atomic E-state index is 0. The maximum Gasteiger partial charge on any atom is 0.135 e. The molecule has 1 unspecified atom stereocenters. The van der Waals surface area contributed by atoms with Crippen molar-refractivity contribution >= 4 is 16.7 Å². The molecule has 0 radical (unpaired) electrons. The van der Waals surface area contributed by atoms with Gasteiger partial charge in [-0.25, -0.2) is 4.98 Å². The van der Waals surface area contributed by atoms with Crippen molar-refractivity contribution in [1.82, 2.24) is 14.9 Å². The summed E-state index contributed by atoms with van der Waals surface area (Å²) in [6.45, 7) is 2.04. The predicted octanol–water partition coefficient (Wildman–Crippen LogP) is 3.61. The van der Waals surface area contributed by atoms with Gasteiger partial charge < -0.3 is 10.2 Å². The van der Waals surface area contributed by atoms with E-state index in [1.807, 2.05) is 19.2 Å². The first-order chi connectivity index (χ1) is 10.2. The molecule has 1 N–H and O–H groups in total. The maximum absolute atomic E-state index is 4.72. The second kappa shape index (κ2) is 5.84. The fourth-order valence-corrected chi connectivity index (χ4v) is 4.03. The highest BCUT2D eigenvalue weighted by molar-refractivity contribution is 5.89. The molecule has 22 heavy (non-hydrogen) atoms. The van der Waals surface area contributed by atoms with Crippen molar-refractivity contribution in [3.05, 3.63) is 30.1 Å². The molecule has 2 saturated heterocycles. The Morgan fingerprint density at radius 1 is 1.23 bits per heavy atom. The summed E-state index contributed by atoms with van der Waals surface area (Å²) >= 11 is 0. The Labute approximate surface area is 133 Å². The van der Waals surface area contributed by atoms with Gasteiger partial charge in [-0.1, -0.05) is 7.43 Å². The summed E-state index contributed by atoms with van der Waals surface area (Å²) in [6, 6.07) is 8.19. The summed E-state index contributed by atoms with van der Waals surface area (Å²) < 4.78 is 0. The highest BCUT2D eigenvalue weighted by Gasteiger charge is 2.38. The fourth-order valence-electron chi connectivity index (χ4n) is 4.03. The van der Waals surface area contributed by atoms with Crippen LogP contribution in [0.3, 0.4) is 0 Å². The third-order valence-electron chi connectivity index (χ3n) is 5.17. The van der Waals surface area contributed by atoms with Gasteiger partial charge >= 0.3 is 0 Å². The summed E-state index contributed by atoms with van der Waals surface area (Å²) in [7, 11) is 2.28. The van der Waals surface area contributed by atoms with Crippen molar-refractivity contribution in [3.63, 3.8) is 0 Å². The Bertz CT molecular complexity index is 655. The van der Waals surface area contributed by atoms with Crippen molar-refractivity contribution in [3.8, 4) is 0 Å². The van der Waals surface area contributed by atoms with E-state index in [1.54, 1.807) is 0 Å². The molecule has 4 heteroatoms. The number of hydrogen-bond donors (Lipinski definition) is 1. The molecular formula is C18H26N4. The maximum atomic E-state index is 4.72. The second-order valence-electron chi connectivity index (χ2n) is 6.55. The molecule has 2 bridgehead atoms. The molecule has 3 atom stereocenters. The van der Waals surface area contributed by atoms with Crippen molar-refractivity contribution in [2.75, 3.05) is 12.4 Å². The number of aryl methyl sites for hydroxylation is 1. The Morgan fingerprint density at radius 2 is 1.95 bits per heavy atom. The largest absolute Gasteiger partial charge is 0.367 e. The molecule has 4 heterocycles. The molecule has 2 aliphatic rings. The molecule has 0 spiro atoms.